The number of rotatable bonds is 2. The van der Waals surface area contributed by atoms with Gasteiger partial charge in [-0.15, -0.1) is 0 Å². The lowest BCUT2D eigenvalue weighted by molar-refractivity contribution is 0.102. The SMILES string of the molecule is O=C(Nc1cncc(Cl)n1)c1ccc(F)cc1Cl. The van der Waals surface area contributed by atoms with Crippen molar-refractivity contribution in [1.82, 2.24) is 9.97 Å². The fourth-order valence-corrected chi connectivity index (χ4v) is 1.66. The van der Waals surface area contributed by atoms with Crippen LogP contribution in [0.1, 0.15) is 10.4 Å². The number of nitrogens with zero attached hydrogens (tertiary/aromatic N) is 2. The number of hydrogen-bond donors (Lipinski definition) is 1. The molecule has 0 aliphatic heterocycles. The highest BCUT2D eigenvalue weighted by Crippen LogP contribution is 2.18. The molecule has 7 heteroatoms. The predicted octanol–water partition coefficient (Wildman–Crippen LogP) is 3.17. The van der Waals surface area contributed by atoms with E-state index in [1.165, 1.54) is 18.5 Å². The molecular weight excluding hydrogens is 280 g/mol. The molecule has 1 N–H and O–H groups in total. The van der Waals surface area contributed by atoms with Crippen molar-refractivity contribution in [2.75, 3.05) is 5.32 Å². The molecule has 0 atom stereocenters. The standard InChI is InChI=1S/C11H6Cl2FN3O/c12-8-3-6(14)1-2-7(8)11(18)17-10-5-15-4-9(13)16-10/h1-5H,(H,16,17,18). The second-order valence-electron chi connectivity index (χ2n) is 3.31. The van der Waals surface area contributed by atoms with Crippen molar-refractivity contribution in [3.63, 3.8) is 0 Å². The van der Waals surface area contributed by atoms with E-state index in [9.17, 15) is 9.18 Å². The van der Waals surface area contributed by atoms with Gasteiger partial charge in [0, 0.05) is 0 Å². The maximum absolute atomic E-state index is 12.8. The molecule has 0 aliphatic rings. The van der Waals surface area contributed by atoms with Crippen molar-refractivity contribution < 1.29 is 9.18 Å². The summed E-state index contributed by atoms with van der Waals surface area (Å²) in [4.78, 5) is 19.4. The van der Waals surface area contributed by atoms with Gasteiger partial charge in [0.2, 0.25) is 0 Å². The summed E-state index contributed by atoms with van der Waals surface area (Å²) in [6.07, 6.45) is 2.67. The number of benzene rings is 1. The largest absolute Gasteiger partial charge is 0.305 e. The van der Waals surface area contributed by atoms with Gasteiger partial charge in [-0.25, -0.2) is 9.37 Å². The van der Waals surface area contributed by atoms with E-state index in [4.69, 9.17) is 23.2 Å². The minimum Gasteiger partial charge on any atom is -0.305 e. The number of aromatic nitrogens is 2. The highest BCUT2D eigenvalue weighted by atomic mass is 35.5. The van der Waals surface area contributed by atoms with Crippen LogP contribution in [-0.4, -0.2) is 15.9 Å². The van der Waals surface area contributed by atoms with Gasteiger partial charge in [-0.3, -0.25) is 9.78 Å². The van der Waals surface area contributed by atoms with Crippen LogP contribution in [0.25, 0.3) is 0 Å². The third kappa shape index (κ3) is 2.94. The van der Waals surface area contributed by atoms with E-state index in [0.29, 0.717) is 0 Å². The average molecular weight is 286 g/mol. The van der Waals surface area contributed by atoms with Gasteiger partial charge < -0.3 is 5.32 Å². The number of carbonyl (C=O) groups excluding carboxylic acids is 1. The van der Waals surface area contributed by atoms with E-state index >= 15 is 0 Å². The second-order valence-corrected chi connectivity index (χ2v) is 4.10. The van der Waals surface area contributed by atoms with Gasteiger partial charge in [-0.1, -0.05) is 23.2 Å². The van der Waals surface area contributed by atoms with Crippen LogP contribution in [0.5, 0.6) is 0 Å². The Hall–Kier alpha value is -1.72. The molecule has 4 nitrogen and oxygen atoms in total. The third-order valence-corrected chi connectivity index (χ3v) is 2.52. The molecule has 1 aromatic carbocycles. The van der Waals surface area contributed by atoms with E-state index in [2.05, 4.69) is 15.3 Å². The highest BCUT2D eigenvalue weighted by molar-refractivity contribution is 6.34. The molecule has 0 unspecified atom stereocenters. The molecule has 1 heterocycles. The molecule has 2 rings (SSSR count). The average Bonchev–Trinajstić information content (AvgIpc) is 2.28. The summed E-state index contributed by atoms with van der Waals surface area (Å²) in [5.74, 6) is -0.844. The Morgan fingerprint density at radius 2 is 2.06 bits per heavy atom. The first kappa shape index (κ1) is 12.7. The predicted molar refractivity (Wildman–Crippen MR) is 66.4 cm³/mol. The summed E-state index contributed by atoms with van der Waals surface area (Å²) in [5, 5.41) is 2.62. The zero-order valence-corrected chi connectivity index (χ0v) is 10.3. The van der Waals surface area contributed by atoms with E-state index < -0.39 is 11.7 Å². The number of amides is 1. The van der Waals surface area contributed by atoms with Crippen molar-refractivity contribution in [3.05, 3.63) is 52.1 Å². The Kier molecular flexibility index (Phi) is 3.74. The fraction of sp³-hybridized carbons (Fsp3) is 0. The molecule has 2 aromatic rings. The minimum absolute atomic E-state index is 0.0162. The number of hydrogen-bond acceptors (Lipinski definition) is 3. The Morgan fingerprint density at radius 1 is 1.28 bits per heavy atom. The number of anilines is 1. The van der Waals surface area contributed by atoms with Crippen molar-refractivity contribution in [2.45, 2.75) is 0 Å². The quantitative estimate of drug-likeness (QED) is 0.922. The Labute approximate surface area is 112 Å². The van der Waals surface area contributed by atoms with Gasteiger partial charge in [0.05, 0.1) is 23.0 Å². The van der Waals surface area contributed by atoms with Crippen molar-refractivity contribution in [1.29, 1.82) is 0 Å². The Balaban J connectivity index is 2.22. The topological polar surface area (TPSA) is 54.9 Å². The van der Waals surface area contributed by atoms with Crippen molar-refractivity contribution in [2.24, 2.45) is 0 Å². The molecule has 0 aliphatic carbocycles. The van der Waals surface area contributed by atoms with Crippen molar-refractivity contribution >= 4 is 34.9 Å². The van der Waals surface area contributed by atoms with Crippen LogP contribution in [0, 0.1) is 5.82 Å². The van der Waals surface area contributed by atoms with Crippen LogP contribution < -0.4 is 5.32 Å². The van der Waals surface area contributed by atoms with E-state index in [1.807, 2.05) is 0 Å². The normalized spacial score (nSPS) is 10.2. The molecule has 0 saturated heterocycles. The smallest absolute Gasteiger partial charge is 0.258 e. The van der Waals surface area contributed by atoms with E-state index in [1.54, 1.807) is 0 Å². The lowest BCUT2D eigenvalue weighted by Gasteiger charge is -2.05. The molecule has 92 valence electrons. The molecule has 0 fully saturated rings. The summed E-state index contributed by atoms with van der Waals surface area (Å²) in [5.41, 5.74) is 0.139. The van der Waals surface area contributed by atoms with Gasteiger partial charge in [-0.05, 0) is 18.2 Å². The minimum atomic E-state index is -0.517. The Bertz CT molecular complexity index is 607. The molecule has 18 heavy (non-hydrogen) atoms. The lowest BCUT2D eigenvalue weighted by Crippen LogP contribution is -2.13. The Morgan fingerprint density at radius 3 is 2.72 bits per heavy atom. The molecule has 1 amide bonds. The van der Waals surface area contributed by atoms with Gasteiger partial charge in [0.15, 0.2) is 5.82 Å². The molecule has 0 saturated carbocycles. The van der Waals surface area contributed by atoms with Gasteiger partial charge >= 0.3 is 0 Å². The van der Waals surface area contributed by atoms with Crippen LogP contribution in [0.3, 0.4) is 0 Å². The highest BCUT2D eigenvalue weighted by Gasteiger charge is 2.12. The molecule has 1 aromatic heterocycles. The van der Waals surface area contributed by atoms with Gasteiger partial charge in [0.1, 0.15) is 11.0 Å². The monoisotopic (exact) mass is 285 g/mol. The zero-order valence-electron chi connectivity index (χ0n) is 8.82. The van der Waals surface area contributed by atoms with E-state index in [0.717, 1.165) is 12.1 Å². The third-order valence-electron chi connectivity index (χ3n) is 2.02. The first-order chi connectivity index (χ1) is 8.56. The summed E-state index contributed by atoms with van der Waals surface area (Å²) in [6, 6.07) is 3.48. The second kappa shape index (κ2) is 5.29. The molecule has 0 bridgehead atoms. The van der Waals surface area contributed by atoms with Crippen LogP contribution in [0.2, 0.25) is 10.2 Å². The van der Waals surface area contributed by atoms with E-state index in [-0.39, 0.29) is 21.6 Å². The molecule has 0 spiro atoms. The summed E-state index contributed by atoms with van der Waals surface area (Å²) >= 11 is 11.4. The maximum atomic E-state index is 12.8. The number of nitrogens with one attached hydrogen (secondary N) is 1. The molecular formula is C11H6Cl2FN3O. The first-order valence-electron chi connectivity index (χ1n) is 4.80. The summed E-state index contributed by atoms with van der Waals surface area (Å²) < 4.78 is 12.8. The number of halogens is 3. The maximum Gasteiger partial charge on any atom is 0.258 e. The van der Waals surface area contributed by atoms with Crippen LogP contribution in [0.15, 0.2) is 30.6 Å². The first-order valence-corrected chi connectivity index (χ1v) is 5.56. The van der Waals surface area contributed by atoms with Gasteiger partial charge in [-0.2, -0.15) is 0 Å². The summed E-state index contributed by atoms with van der Waals surface area (Å²) in [6.45, 7) is 0. The zero-order chi connectivity index (χ0) is 13.1. The fourth-order valence-electron chi connectivity index (χ4n) is 1.26. The summed E-state index contributed by atoms with van der Waals surface area (Å²) in [7, 11) is 0. The van der Waals surface area contributed by atoms with Crippen LogP contribution in [-0.2, 0) is 0 Å². The number of carbonyl (C=O) groups is 1. The van der Waals surface area contributed by atoms with Crippen molar-refractivity contribution in [3.8, 4) is 0 Å². The van der Waals surface area contributed by atoms with Gasteiger partial charge in [0.25, 0.3) is 5.91 Å². The lowest BCUT2D eigenvalue weighted by atomic mass is 10.2. The van der Waals surface area contributed by atoms with Crippen LogP contribution in [0.4, 0.5) is 10.2 Å². The molecule has 0 radical (unpaired) electrons. The van der Waals surface area contributed by atoms with Crippen LogP contribution >= 0.6 is 23.2 Å².